The van der Waals surface area contributed by atoms with E-state index in [-0.39, 0.29) is 0 Å². The fourth-order valence-electron chi connectivity index (χ4n) is 3.75. The van der Waals surface area contributed by atoms with E-state index in [1.807, 2.05) is 60.6 Å². The van der Waals surface area contributed by atoms with Crippen molar-refractivity contribution in [1.29, 1.82) is 0 Å². The quantitative estimate of drug-likeness (QED) is 0.576. The van der Waals surface area contributed by atoms with Gasteiger partial charge < -0.3 is 14.6 Å². The molecule has 0 saturated heterocycles. The van der Waals surface area contributed by atoms with E-state index in [0.717, 1.165) is 53.2 Å². The Labute approximate surface area is 162 Å². The highest BCUT2D eigenvalue weighted by molar-refractivity contribution is 5.82. The van der Waals surface area contributed by atoms with E-state index in [1.54, 1.807) is 0 Å². The maximum absolute atomic E-state index is 5.61. The third kappa shape index (κ3) is 2.80. The largest absolute Gasteiger partial charge is 0.378 e. The van der Waals surface area contributed by atoms with Crippen molar-refractivity contribution in [2.24, 2.45) is 7.05 Å². The summed E-state index contributed by atoms with van der Waals surface area (Å²) >= 11 is 0. The molecular weight excluding hydrogens is 354 g/mol. The van der Waals surface area contributed by atoms with Crippen molar-refractivity contribution >= 4 is 22.6 Å². The van der Waals surface area contributed by atoms with Gasteiger partial charge in [0.25, 0.3) is 0 Å². The zero-order chi connectivity index (χ0) is 19.3. The van der Waals surface area contributed by atoms with Gasteiger partial charge in [0.2, 0.25) is 5.95 Å². The minimum Gasteiger partial charge on any atom is -0.378 e. The summed E-state index contributed by atoms with van der Waals surface area (Å²) < 4.78 is 9.46. The van der Waals surface area contributed by atoms with Gasteiger partial charge in [-0.3, -0.25) is 0 Å². The lowest BCUT2D eigenvalue weighted by atomic mass is 9.89. The second-order valence-electron chi connectivity index (χ2n) is 7.29. The summed E-state index contributed by atoms with van der Waals surface area (Å²) in [6.07, 6.45) is 6.16. The Morgan fingerprint density at radius 3 is 2.89 bits per heavy atom. The Bertz CT molecular complexity index is 1160. The Balaban J connectivity index is 1.42. The van der Waals surface area contributed by atoms with Gasteiger partial charge in [0.15, 0.2) is 5.65 Å². The molecule has 0 unspecified atom stereocenters. The minimum atomic E-state index is 0.362. The predicted molar refractivity (Wildman–Crippen MR) is 107 cm³/mol. The summed E-state index contributed by atoms with van der Waals surface area (Å²) in [5.41, 5.74) is 4.61. The Morgan fingerprint density at radius 2 is 2.07 bits per heavy atom. The van der Waals surface area contributed by atoms with Gasteiger partial charge in [0, 0.05) is 31.5 Å². The molecule has 4 heterocycles. The van der Waals surface area contributed by atoms with Crippen LogP contribution in [-0.2, 0) is 11.8 Å². The molecular formula is C20H23N7O. The third-order valence-electron chi connectivity index (χ3n) is 5.46. The van der Waals surface area contributed by atoms with Crippen LogP contribution in [0.1, 0.15) is 25.6 Å². The lowest BCUT2D eigenvalue weighted by molar-refractivity contribution is 0.00283. The number of fused-ring (bicyclic) bond motifs is 2. The van der Waals surface area contributed by atoms with Gasteiger partial charge >= 0.3 is 0 Å². The number of imidazole rings is 1. The van der Waals surface area contributed by atoms with Crippen molar-refractivity contribution in [2.45, 2.75) is 38.8 Å². The van der Waals surface area contributed by atoms with Crippen LogP contribution < -0.4 is 5.32 Å². The number of pyridine rings is 1. The van der Waals surface area contributed by atoms with Gasteiger partial charge in [-0.1, -0.05) is 0 Å². The highest BCUT2D eigenvalue weighted by Gasteiger charge is 2.30. The lowest BCUT2D eigenvalue weighted by Gasteiger charge is -2.35. The molecule has 5 rings (SSSR count). The highest BCUT2D eigenvalue weighted by Crippen LogP contribution is 2.28. The van der Waals surface area contributed by atoms with Crippen molar-refractivity contribution in [3.8, 4) is 11.3 Å². The molecule has 144 valence electrons. The predicted octanol–water partition coefficient (Wildman–Crippen LogP) is 2.97. The van der Waals surface area contributed by atoms with Crippen molar-refractivity contribution in [3.63, 3.8) is 0 Å². The molecule has 8 nitrogen and oxygen atoms in total. The second kappa shape index (κ2) is 6.56. The van der Waals surface area contributed by atoms with Gasteiger partial charge in [0.1, 0.15) is 11.3 Å². The van der Waals surface area contributed by atoms with Crippen LogP contribution in [0.3, 0.4) is 0 Å². The van der Waals surface area contributed by atoms with E-state index in [0.29, 0.717) is 18.1 Å². The minimum absolute atomic E-state index is 0.362. The van der Waals surface area contributed by atoms with Crippen molar-refractivity contribution in [3.05, 3.63) is 36.4 Å². The standard InChI is InChI=1S/C20H23N7O/c1-4-28-14-9-13(10-14)23-20-21-11-18-15(7-8-27(18)25-20)16-5-6-17-19(24-16)26(3)12(2)22-17/h5-8,11,13-14H,4,9-10H2,1-3H3,(H,23,25). The maximum atomic E-state index is 5.61. The monoisotopic (exact) mass is 377 g/mol. The average Bonchev–Trinajstić information content (AvgIpc) is 3.21. The van der Waals surface area contributed by atoms with Crippen molar-refractivity contribution in [2.75, 3.05) is 11.9 Å². The number of hydrogen-bond acceptors (Lipinski definition) is 6. The molecule has 28 heavy (non-hydrogen) atoms. The first kappa shape index (κ1) is 17.1. The molecule has 4 aromatic heterocycles. The number of nitrogens with zero attached hydrogens (tertiary/aromatic N) is 6. The van der Waals surface area contributed by atoms with Gasteiger partial charge in [-0.25, -0.2) is 19.5 Å². The summed E-state index contributed by atoms with van der Waals surface area (Å²) in [5.74, 6) is 1.59. The molecule has 0 spiro atoms. The van der Waals surface area contributed by atoms with Gasteiger partial charge in [0.05, 0.1) is 23.5 Å². The second-order valence-corrected chi connectivity index (χ2v) is 7.29. The molecule has 1 aliphatic carbocycles. The summed E-state index contributed by atoms with van der Waals surface area (Å²) in [5, 5.41) is 8.00. The molecule has 0 radical (unpaired) electrons. The number of anilines is 1. The molecule has 0 amide bonds. The van der Waals surface area contributed by atoms with E-state index >= 15 is 0 Å². The number of ether oxygens (including phenoxy) is 1. The summed E-state index contributed by atoms with van der Waals surface area (Å²) in [6, 6.07) is 6.41. The molecule has 4 aromatic rings. The fourth-order valence-corrected chi connectivity index (χ4v) is 3.75. The van der Waals surface area contributed by atoms with Crippen LogP contribution in [0.2, 0.25) is 0 Å². The molecule has 1 N–H and O–H groups in total. The van der Waals surface area contributed by atoms with Gasteiger partial charge in [-0.2, -0.15) is 0 Å². The maximum Gasteiger partial charge on any atom is 0.241 e. The first-order chi connectivity index (χ1) is 13.6. The van der Waals surface area contributed by atoms with Crippen LogP contribution >= 0.6 is 0 Å². The van der Waals surface area contributed by atoms with Crippen LogP contribution in [0.5, 0.6) is 0 Å². The van der Waals surface area contributed by atoms with E-state index in [2.05, 4.69) is 20.4 Å². The van der Waals surface area contributed by atoms with E-state index in [4.69, 9.17) is 9.72 Å². The molecule has 1 saturated carbocycles. The van der Waals surface area contributed by atoms with Gasteiger partial charge in [-0.15, -0.1) is 5.10 Å². The Hall–Kier alpha value is -3.00. The van der Waals surface area contributed by atoms with Crippen molar-refractivity contribution < 1.29 is 4.74 Å². The molecule has 8 heteroatoms. The summed E-state index contributed by atoms with van der Waals surface area (Å²) in [4.78, 5) is 13.8. The van der Waals surface area contributed by atoms with E-state index < -0.39 is 0 Å². The van der Waals surface area contributed by atoms with Gasteiger partial charge in [-0.05, 0) is 44.9 Å². The molecule has 0 aliphatic heterocycles. The van der Waals surface area contributed by atoms with Crippen LogP contribution in [-0.4, -0.2) is 47.9 Å². The average molecular weight is 377 g/mol. The highest BCUT2D eigenvalue weighted by atomic mass is 16.5. The first-order valence-corrected chi connectivity index (χ1v) is 9.65. The van der Waals surface area contributed by atoms with Crippen LogP contribution in [0.4, 0.5) is 5.95 Å². The molecule has 0 atom stereocenters. The number of aromatic nitrogens is 6. The SMILES string of the molecule is CCOC1CC(Nc2ncc3c(-c4ccc5nc(C)n(C)c5n4)ccn3n2)C1. The normalized spacial score (nSPS) is 19.2. The smallest absolute Gasteiger partial charge is 0.241 e. The Kier molecular flexibility index (Phi) is 4.01. The number of hydrogen-bond donors (Lipinski definition) is 1. The third-order valence-corrected chi connectivity index (χ3v) is 5.46. The molecule has 0 bridgehead atoms. The first-order valence-electron chi connectivity index (χ1n) is 9.65. The lowest BCUT2D eigenvalue weighted by Crippen LogP contribution is -2.41. The fraction of sp³-hybridized carbons (Fsp3) is 0.400. The summed E-state index contributed by atoms with van der Waals surface area (Å²) in [7, 11) is 1.98. The topological polar surface area (TPSA) is 82.2 Å². The van der Waals surface area contributed by atoms with Crippen molar-refractivity contribution in [1.82, 2.24) is 29.1 Å². The number of rotatable bonds is 5. The summed E-state index contributed by atoms with van der Waals surface area (Å²) in [6.45, 7) is 4.78. The van der Waals surface area contributed by atoms with Crippen LogP contribution in [0, 0.1) is 6.92 Å². The molecule has 1 aliphatic rings. The van der Waals surface area contributed by atoms with E-state index in [9.17, 15) is 0 Å². The zero-order valence-corrected chi connectivity index (χ0v) is 16.3. The zero-order valence-electron chi connectivity index (χ0n) is 16.3. The Morgan fingerprint density at radius 1 is 1.21 bits per heavy atom. The van der Waals surface area contributed by atoms with E-state index in [1.165, 1.54) is 0 Å². The number of nitrogens with one attached hydrogen (secondary N) is 1. The van der Waals surface area contributed by atoms with Crippen LogP contribution in [0.15, 0.2) is 30.6 Å². The van der Waals surface area contributed by atoms with Crippen LogP contribution in [0.25, 0.3) is 27.9 Å². The number of aryl methyl sites for hydroxylation is 2. The molecule has 1 fully saturated rings. The molecule has 0 aromatic carbocycles.